The van der Waals surface area contributed by atoms with Gasteiger partial charge in [-0.3, -0.25) is 0 Å². The van der Waals surface area contributed by atoms with Crippen molar-refractivity contribution in [3.05, 3.63) is 58.6 Å². The minimum absolute atomic E-state index is 0.0472. The van der Waals surface area contributed by atoms with Gasteiger partial charge in [0.05, 0.1) is 5.02 Å². The molecule has 2 aromatic carbocycles. The third-order valence-corrected chi connectivity index (χ3v) is 3.78. The van der Waals surface area contributed by atoms with Gasteiger partial charge in [0.1, 0.15) is 13.2 Å². The molecule has 110 valence electrons. The Bertz CT molecular complexity index is 616. The van der Waals surface area contributed by atoms with Crippen LogP contribution in [0, 0.1) is 0 Å². The van der Waals surface area contributed by atoms with Gasteiger partial charge >= 0.3 is 0 Å². The summed E-state index contributed by atoms with van der Waals surface area (Å²) in [5.74, 6) is 1.36. The van der Waals surface area contributed by atoms with Crippen molar-refractivity contribution in [2.45, 2.75) is 18.9 Å². The van der Waals surface area contributed by atoms with E-state index in [2.05, 4.69) is 12.1 Å². The molecule has 1 aliphatic rings. The number of ether oxygens (including phenoxy) is 2. The monoisotopic (exact) mass is 303 g/mol. The molecule has 0 amide bonds. The predicted octanol–water partition coefficient (Wildman–Crippen LogP) is 3.22. The van der Waals surface area contributed by atoms with Crippen LogP contribution in [0.15, 0.2) is 42.5 Å². The van der Waals surface area contributed by atoms with Crippen molar-refractivity contribution in [3.8, 4) is 11.5 Å². The number of halogens is 1. The fourth-order valence-electron chi connectivity index (χ4n) is 2.57. The molecule has 0 aromatic heterocycles. The average Bonchev–Trinajstić information content (AvgIpc) is 2.48. The Morgan fingerprint density at radius 1 is 1.00 bits per heavy atom. The van der Waals surface area contributed by atoms with Gasteiger partial charge < -0.3 is 15.2 Å². The molecule has 3 nitrogen and oxygen atoms in total. The summed E-state index contributed by atoms with van der Waals surface area (Å²) in [5.41, 5.74) is 8.57. The number of hydrogen-bond acceptors (Lipinski definition) is 3. The van der Waals surface area contributed by atoms with Crippen molar-refractivity contribution < 1.29 is 9.47 Å². The van der Waals surface area contributed by atoms with Crippen LogP contribution >= 0.6 is 11.6 Å². The van der Waals surface area contributed by atoms with E-state index in [1.807, 2.05) is 30.3 Å². The second-order valence-corrected chi connectivity index (χ2v) is 5.66. The van der Waals surface area contributed by atoms with E-state index >= 15 is 0 Å². The number of nitrogens with two attached hydrogens (primary N) is 1. The molecule has 1 aliphatic heterocycles. The fraction of sp³-hybridized carbons (Fsp3) is 0.294. The van der Waals surface area contributed by atoms with E-state index < -0.39 is 0 Å². The molecule has 1 heterocycles. The van der Waals surface area contributed by atoms with Crippen LogP contribution < -0.4 is 15.2 Å². The molecular formula is C17H18ClNO2. The minimum atomic E-state index is 0.0472. The minimum Gasteiger partial charge on any atom is -0.486 e. The molecule has 0 spiro atoms. The maximum Gasteiger partial charge on any atom is 0.179 e. The molecule has 1 unspecified atom stereocenters. The SMILES string of the molecule is NC(Cc1ccccc1)Cc1cc(Cl)c2c(c1)OCCO2. The first-order valence-corrected chi connectivity index (χ1v) is 7.47. The van der Waals surface area contributed by atoms with Crippen molar-refractivity contribution in [3.63, 3.8) is 0 Å². The Morgan fingerprint density at radius 2 is 1.71 bits per heavy atom. The quantitative estimate of drug-likeness (QED) is 0.943. The van der Waals surface area contributed by atoms with Gasteiger partial charge in [-0.2, -0.15) is 0 Å². The van der Waals surface area contributed by atoms with E-state index in [0.29, 0.717) is 24.0 Å². The van der Waals surface area contributed by atoms with Crippen LogP contribution in [0.3, 0.4) is 0 Å². The number of hydrogen-bond donors (Lipinski definition) is 1. The summed E-state index contributed by atoms with van der Waals surface area (Å²) < 4.78 is 11.1. The normalized spacial score (nSPS) is 14.8. The molecule has 0 saturated carbocycles. The average molecular weight is 304 g/mol. The van der Waals surface area contributed by atoms with Gasteiger partial charge in [0.15, 0.2) is 11.5 Å². The summed E-state index contributed by atoms with van der Waals surface area (Å²) in [4.78, 5) is 0. The Kier molecular flexibility index (Phi) is 4.32. The molecule has 0 bridgehead atoms. The van der Waals surface area contributed by atoms with Gasteiger partial charge in [0.2, 0.25) is 0 Å². The van der Waals surface area contributed by atoms with Gasteiger partial charge in [-0.1, -0.05) is 41.9 Å². The highest BCUT2D eigenvalue weighted by Crippen LogP contribution is 2.38. The molecule has 2 N–H and O–H groups in total. The topological polar surface area (TPSA) is 44.5 Å². The predicted molar refractivity (Wildman–Crippen MR) is 84.3 cm³/mol. The molecule has 4 heteroatoms. The number of fused-ring (bicyclic) bond motifs is 1. The molecule has 0 aliphatic carbocycles. The van der Waals surface area contributed by atoms with Crippen LogP contribution in [0.25, 0.3) is 0 Å². The third-order valence-electron chi connectivity index (χ3n) is 3.50. The zero-order chi connectivity index (χ0) is 14.7. The third kappa shape index (κ3) is 3.49. The Hall–Kier alpha value is -1.71. The Morgan fingerprint density at radius 3 is 2.52 bits per heavy atom. The maximum atomic E-state index is 6.25. The van der Waals surface area contributed by atoms with Crippen LogP contribution in [-0.4, -0.2) is 19.3 Å². The lowest BCUT2D eigenvalue weighted by Gasteiger charge is -2.21. The van der Waals surface area contributed by atoms with Gasteiger partial charge in [-0.05, 0) is 36.1 Å². The fourth-order valence-corrected chi connectivity index (χ4v) is 2.86. The highest BCUT2D eigenvalue weighted by atomic mass is 35.5. The van der Waals surface area contributed by atoms with E-state index in [-0.39, 0.29) is 6.04 Å². The molecular weight excluding hydrogens is 286 g/mol. The van der Waals surface area contributed by atoms with E-state index in [1.54, 1.807) is 0 Å². The van der Waals surface area contributed by atoms with Crippen LogP contribution in [-0.2, 0) is 12.8 Å². The van der Waals surface area contributed by atoms with E-state index in [9.17, 15) is 0 Å². The second-order valence-electron chi connectivity index (χ2n) is 5.26. The van der Waals surface area contributed by atoms with Crippen LogP contribution in [0.2, 0.25) is 5.02 Å². The first kappa shape index (κ1) is 14.2. The van der Waals surface area contributed by atoms with Gasteiger partial charge in [0, 0.05) is 6.04 Å². The molecule has 2 aromatic rings. The van der Waals surface area contributed by atoms with Gasteiger partial charge in [0.25, 0.3) is 0 Å². The Labute approximate surface area is 129 Å². The molecule has 0 fully saturated rings. The van der Waals surface area contributed by atoms with E-state index in [4.69, 9.17) is 26.8 Å². The first-order valence-electron chi connectivity index (χ1n) is 7.10. The first-order chi connectivity index (χ1) is 10.2. The molecule has 0 saturated heterocycles. The molecule has 21 heavy (non-hydrogen) atoms. The van der Waals surface area contributed by atoms with Crippen molar-refractivity contribution >= 4 is 11.6 Å². The summed E-state index contributed by atoms with van der Waals surface area (Å²) >= 11 is 6.25. The summed E-state index contributed by atoms with van der Waals surface area (Å²) in [6.07, 6.45) is 1.60. The van der Waals surface area contributed by atoms with Crippen LogP contribution in [0.5, 0.6) is 11.5 Å². The van der Waals surface area contributed by atoms with E-state index in [0.717, 1.165) is 24.2 Å². The van der Waals surface area contributed by atoms with Crippen LogP contribution in [0.1, 0.15) is 11.1 Å². The lowest BCUT2D eigenvalue weighted by Crippen LogP contribution is -2.25. The van der Waals surface area contributed by atoms with Crippen molar-refractivity contribution in [1.29, 1.82) is 0 Å². The Balaban J connectivity index is 1.71. The van der Waals surface area contributed by atoms with Crippen molar-refractivity contribution in [1.82, 2.24) is 0 Å². The van der Waals surface area contributed by atoms with Crippen molar-refractivity contribution in [2.75, 3.05) is 13.2 Å². The van der Waals surface area contributed by atoms with Crippen molar-refractivity contribution in [2.24, 2.45) is 5.73 Å². The highest BCUT2D eigenvalue weighted by molar-refractivity contribution is 6.32. The van der Waals surface area contributed by atoms with Gasteiger partial charge in [-0.25, -0.2) is 0 Å². The summed E-state index contributed by atoms with van der Waals surface area (Å²) in [6, 6.07) is 14.2. The second kappa shape index (κ2) is 6.37. The van der Waals surface area contributed by atoms with E-state index in [1.165, 1.54) is 5.56 Å². The zero-order valence-electron chi connectivity index (χ0n) is 11.7. The number of rotatable bonds is 4. The smallest absolute Gasteiger partial charge is 0.179 e. The number of benzene rings is 2. The lowest BCUT2D eigenvalue weighted by atomic mass is 9.99. The summed E-state index contributed by atoms with van der Waals surface area (Å²) in [6.45, 7) is 1.10. The molecule has 3 rings (SSSR count). The lowest BCUT2D eigenvalue weighted by molar-refractivity contribution is 0.171. The molecule has 0 radical (unpaired) electrons. The standard InChI is InChI=1S/C17H18ClNO2/c18-15-10-13(11-16-17(15)21-7-6-20-16)9-14(19)8-12-4-2-1-3-5-12/h1-5,10-11,14H,6-9,19H2. The summed E-state index contributed by atoms with van der Waals surface area (Å²) in [5, 5.41) is 0.592. The molecule has 1 atom stereocenters. The maximum absolute atomic E-state index is 6.25. The highest BCUT2D eigenvalue weighted by Gasteiger charge is 2.17. The summed E-state index contributed by atoms with van der Waals surface area (Å²) in [7, 11) is 0. The largest absolute Gasteiger partial charge is 0.486 e. The zero-order valence-corrected chi connectivity index (χ0v) is 12.5. The van der Waals surface area contributed by atoms with Gasteiger partial charge in [-0.15, -0.1) is 0 Å². The van der Waals surface area contributed by atoms with Crippen LogP contribution in [0.4, 0.5) is 0 Å².